The van der Waals surface area contributed by atoms with E-state index >= 15 is 0 Å². The zero-order valence-corrected chi connectivity index (χ0v) is 18.2. The van der Waals surface area contributed by atoms with E-state index in [4.69, 9.17) is 24.1 Å². The average Bonchev–Trinajstić information content (AvgIpc) is 3.33. The van der Waals surface area contributed by atoms with Crippen LogP contribution in [-0.2, 0) is 4.74 Å². The van der Waals surface area contributed by atoms with Crippen molar-refractivity contribution < 1.29 is 9.15 Å². The van der Waals surface area contributed by atoms with Crippen LogP contribution < -0.4 is 4.90 Å². The second kappa shape index (κ2) is 8.74. The number of benzene rings is 1. The largest absolute Gasteiger partial charge is 0.463 e. The van der Waals surface area contributed by atoms with Crippen LogP contribution in [0.2, 0.25) is 0 Å². The van der Waals surface area contributed by atoms with Gasteiger partial charge in [0.15, 0.2) is 17.3 Å². The molecule has 0 fully saturated rings. The number of anilines is 1. The zero-order chi connectivity index (χ0) is 21.0. The lowest BCUT2D eigenvalue weighted by Gasteiger charge is -2.23. The first-order valence-electron chi connectivity index (χ1n) is 9.98. The molecule has 1 aliphatic heterocycles. The molecule has 0 spiro atoms. The third kappa shape index (κ3) is 4.82. The van der Waals surface area contributed by atoms with E-state index in [1.54, 1.807) is 13.4 Å². The molecule has 0 unspecified atom stereocenters. The number of ether oxygens (including phenoxy) is 1. The molecule has 0 aliphatic carbocycles. The van der Waals surface area contributed by atoms with Gasteiger partial charge in [-0.15, -0.1) is 0 Å². The normalized spacial score (nSPS) is 15.6. The van der Waals surface area contributed by atoms with E-state index in [1.807, 2.05) is 18.2 Å². The van der Waals surface area contributed by atoms with Crippen molar-refractivity contribution in [2.75, 3.05) is 31.7 Å². The highest BCUT2D eigenvalue weighted by Crippen LogP contribution is 2.28. The Balaban J connectivity index is 1.95. The Morgan fingerprint density at radius 2 is 1.97 bits per heavy atom. The van der Waals surface area contributed by atoms with Crippen molar-refractivity contribution in [1.82, 2.24) is 0 Å². The maximum absolute atomic E-state index is 5.58. The number of rotatable bonds is 7. The van der Waals surface area contributed by atoms with Crippen molar-refractivity contribution in [3.05, 3.63) is 47.9 Å². The van der Waals surface area contributed by atoms with Crippen LogP contribution in [0.4, 0.5) is 11.4 Å². The van der Waals surface area contributed by atoms with E-state index in [1.165, 1.54) is 0 Å². The molecule has 0 N–H and O–H groups in total. The third-order valence-corrected chi connectivity index (χ3v) is 4.79. The molecule has 0 saturated carbocycles. The molecule has 1 aromatic carbocycles. The lowest BCUT2D eigenvalue weighted by atomic mass is 9.95. The molecule has 0 radical (unpaired) electrons. The predicted octanol–water partition coefficient (Wildman–Crippen LogP) is 5.04. The number of furan rings is 1. The highest BCUT2D eigenvalue weighted by Gasteiger charge is 2.29. The summed E-state index contributed by atoms with van der Waals surface area (Å²) in [4.78, 5) is 16.6. The van der Waals surface area contributed by atoms with Gasteiger partial charge in [-0.2, -0.15) is 0 Å². The fraction of sp³-hybridized carbons (Fsp3) is 0.435. The number of aryl methyl sites for hydroxylation is 1. The minimum absolute atomic E-state index is 0.170. The smallest absolute Gasteiger partial charge is 0.184 e. The Morgan fingerprint density at radius 3 is 2.55 bits per heavy atom. The third-order valence-electron chi connectivity index (χ3n) is 4.79. The van der Waals surface area contributed by atoms with Crippen LogP contribution in [0.15, 0.2) is 56.0 Å². The number of amidine groups is 2. The van der Waals surface area contributed by atoms with Crippen molar-refractivity contribution in [3.63, 3.8) is 0 Å². The second-order valence-electron chi connectivity index (χ2n) is 8.10. The van der Waals surface area contributed by atoms with E-state index in [-0.39, 0.29) is 5.41 Å². The van der Waals surface area contributed by atoms with Gasteiger partial charge in [-0.25, -0.2) is 15.0 Å². The summed E-state index contributed by atoms with van der Waals surface area (Å²) in [5.41, 5.74) is 3.64. The molecule has 2 heterocycles. The first-order valence-corrected chi connectivity index (χ1v) is 9.98. The fourth-order valence-corrected chi connectivity index (χ4v) is 3.07. The molecule has 2 aromatic rings. The quantitative estimate of drug-likeness (QED) is 0.661. The molecule has 6 nitrogen and oxygen atoms in total. The Hall–Kier alpha value is -2.73. The summed E-state index contributed by atoms with van der Waals surface area (Å²) < 4.78 is 10.8. The topological polar surface area (TPSA) is 62.7 Å². The fourth-order valence-electron chi connectivity index (χ4n) is 3.07. The highest BCUT2D eigenvalue weighted by atomic mass is 16.5. The Labute approximate surface area is 173 Å². The highest BCUT2D eigenvalue weighted by molar-refractivity contribution is 6.52. The molecule has 1 aromatic heterocycles. The number of aliphatic imine (C=N–C) groups is 3. The van der Waals surface area contributed by atoms with E-state index < -0.39 is 0 Å². The van der Waals surface area contributed by atoms with Crippen LogP contribution in [0.25, 0.3) is 0 Å². The molecule has 0 bridgehead atoms. The molecule has 29 heavy (non-hydrogen) atoms. The standard InChI is InChI=1S/C23H30N4O2/c1-7-27(12-14-28-6)17-10-11-18(16(2)15-17)24-21-20(19-9-8-13-29-19)25-22(26-21)23(3,4)5/h8-11,13,15H,7,12,14H2,1-6H3/b24-21-. The summed E-state index contributed by atoms with van der Waals surface area (Å²) in [6, 6.07) is 10.0. The monoisotopic (exact) mass is 394 g/mol. The first kappa shape index (κ1) is 21.0. The van der Waals surface area contributed by atoms with Crippen molar-refractivity contribution in [3.8, 4) is 0 Å². The maximum Gasteiger partial charge on any atom is 0.184 e. The van der Waals surface area contributed by atoms with Crippen LogP contribution >= 0.6 is 0 Å². The molecular formula is C23H30N4O2. The van der Waals surface area contributed by atoms with Crippen LogP contribution in [0.5, 0.6) is 0 Å². The van der Waals surface area contributed by atoms with E-state index in [9.17, 15) is 0 Å². The molecule has 0 saturated heterocycles. The SMILES string of the molecule is CCN(CCOC)c1ccc(/N=C2\N=C(C(C)(C)C)N=C2c2ccco2)c(C)c1. The Morgan fingerprint density at radius 1 is 1.17 bits per heavy atom. The van der Waals surface area contributed by atoms with Crippen molar-refractivity contribution in [2.24, 2.45) is 20.4 Å². The van der Waals surface area contributed by atoms with Gasteiger partial charge in [0.2, 0.25) is 0 Å². The summed E-state index contributed by atoms with van der Waals surface area (Å²) in [6.45, 7) is 13.0. The second-order valence-corrected chi connectivity index (χ2v) is 8.10. The minimum atomic E-state index is -0.170. The lowest BCUT2D eigenvalue weighted by molar-refractivity contribution is 0.205. The number of methoxy groups -OCH3 is 1. The van der Waals surface area contributed by atoms with Crippen LogP contribution in [0.3, 0.4) is 0 Å². The van der Waals surface area contributed by atoms with Crippen molar-refractivity contribution >= 4 is 28.8 Å². The van der Waals surface area contributed by atoms with Gasteiger partial charge in [0.25, 0.3) is 0 Å². The van der Waals surface area contributed by atoms with Gasteiger partial charge >= 0.3 is 0 Å². The maximum atomic E-state index is 5.58. The Kier molecular flexibility index (Phi) is 6.33. The van der Waals surface area contributed by atoms with Gasteiger partial charge in [0.05, 0.1) is 18.6 Å². The molecular weight excluding hydrogens is 364 g/mol. The average molecular weight is 395 g/mol. The van der Waals surface area contributed by atoms with Crippen molar-refractivity contribution in [1.29, 1.82) is 0 Å². The molecule has 0 atom stereocenters. The minimum Gasteiger partial charge on any atom is -0.463 e. The lowest BCUT2D eigenvalue weighted by Crippen LogP contribution is -2.26. The van der Waals surface area contributed by atoms with E-state index in [0.29, 0.717) is 23.9 Å². The number of hydrogen-bond donors (Lipinski definition) is 0. The van der Waals surface area contributed by atoms with Gasteiger partial charge in [0, 0.05) is 31.3 Å². The predicted molar refractivity (Wildman–Crippen MR) is 120 cm³/mol. The van der Waals surface area contributed by atoms with Crippen molar-refractivity contribution in [2.45, 2.75) is 34.6 Å². The molecule has 0 amide bonds. The molecule has 6 heteroatoms. The zero-order valence-electron chi connectivity index (χ0n) is 18.2. The van der Waals surface area contributed by atoms with Gasteiger partial charge in [-0.1, -0.05) is 20.8 Å². The van der Waals surface area contributed by atoms with Crippen LogP contribution in [-0.4, -0.2) is 44.2 Å². The van der Waals surface area contributed by atoms with Gasteiger partial charge in [-0.05, 0) is 49.7 Å². The number of nitrogens with zero attached hydrogens (tertiary/aromatic N) is 4. The summed E-state index contributed by atoms with van der Waals surface area (Å²) in [7, 11) is 1.73. The molecule has 3 rings (SSSR count). The van der Waals surface area contributed by atoms with Gasteiger partial charge < -0.3 is 14.1 Å². The first-order chi connectivity index (χ1) is 13.8. The number of likely N-dealkylation sites (N-methyl/N-ethyl adjacent to an activating group) is 1. The summed E-state index contributed by atoms with van der Waals surface area (Å²) in [5.74, 6) is 2.03. The van der Waals surface area contributed by atoms with Gasteiger partial charge in [0.1, 0.15) is 5.84 Å². The number of hydrogen-bond acceptors (Lipinski definition) is 5. The molecule has 1 aliphatic rings. The molecule has 154 valence electrons. The Bertz CT molecular complexity index is 934. The van der Waals surface area contributed by atoms with Gasteiger partial charge in [-0.3, -0.25) is 0 Å². The van der Waals surface area contributed by atoms with Crippen LogP contribution in [0.1, 0.15) is 39.0 Å². The summed E-state index contributed by atoms with van der Waals surface area (Å²) in [5, 5.41) is 0. The van der Waals surface area contributed by atoms with E-state index in [2.05, 4.69) is 51.7 Å². The van der Waals surface area contributed by atoms with Crippen LogP contribution in [0, 0.1) is 12.3 Å². The summed E-state index contributed by atoms with van der Waals surface area (Å²) >= 11 is 0. The summed E-state index contributed by atoms with van der Waals surface area (Å²) in [6.07, 6.45) is 1.64. The van der Waals surface area contributed by atoms with E-state index in [0.717, 1.165) is 35.9 Å².